The molecule has 2 aliphatic carbocycles. The Bertz CT molecular complexity index is 3830. The molecule has 386 valence electrons. The van der Waals surface area contributed by atoms with Crippen molar-refractivity contribution in [1.29, 1.82) is 0 Å². The second kappa shape index (κ2) is 17.4. The van der Waals surface area contributed by atoms with Crippen molar-refractivity contribution in [2.24, 2.45) is 0 Å². The number of furan rings is 1. The maximum atomic E-state index is 7.59. The molecular formula is C73H73N3O. The van der Waals surface area contributed by atoms with Gasteiger partial charge in [0.1, 0.15) is 5.58 Å². The number of benzene rings is 8. The molecule has 1 atom stereocenters. The van der Waals surface area contributed by atoms with Crippen molar-refractivity contribution in [2.75, 3.05) is 9.80 Å². The first kappa shape index (κ1) is 50.1. The zero-order valence-electron chi connectivity index (χ0n) is 47.6. The van der Waals surface area contributed by atoms with Crippen molar-refractivity contribution >= 4 is 56.1 Å². The molecule has 0 N–H and O–H groups in total. The van der Waals surface area contributed by atoms with Crippen LogP contribution in [-0.4, -0.2) is 4.98 Å². The third-order valence-electron chi connectivity index (χ3n) is 16.9. The van der Waals surface area contributed by atoms with Gasteiger partial charge in [0, 0.05) is 56.4 Å². The topological polar surface area (TPSA) is 32.5 Å². The second-order valence-electron chi connectivity index (χ2n) is 26.6. The first-order chi connectivity index (χ1) is 36.5. The Morgan fingerprint density at radius 2 is 0.870 bits per heavy atom. The van der Waals surface area contributed by atoms with E-state index >= 15 is 0 Å². The SMILES string of the molecule is CC(C)(C)c1cc(N(c2ccccc2)c2ccc3oc4c(N(c5ccccc5)c5cc(C(C)(C)C)cc(C(C)(C)C)c5)c5c(cc4c3c2)C2(c3ccccc3-5)c3ccccc3C(C)(C)c3cccnc32)cc(C(C)(C)C)c1. The van der Waals surface area contributed by atoms with Crippen molar-refractivity contribution in [3.8, 4) is 11.1 Å². The van der Waals surface area contributed by atoms with Crippen LogP contribution in [0.3, 0.4) is 0 Å². The maximum absolute atomic E-state index is 7.59. The maximum Gasteiger partial charge on any atom is 0.160 e. The minimum absolute atomic E-state index is 0.0709. The first-order valence-corrected chi connectivity index (χ1v) is 27.7. The lowest BCUT2D eigenvalue weighted by Crippen LogP contribution is -2.41. The van der Waals surface area contributed by atoms with Gasteiger partial charge >= 0.3 is 0 Å². The second-order valence-corrected chi connectivity index (χ2v) is 26.6. The van der Waals surface area contributed by atoms with Crippen molar-refractivity contribution in [3.05, 3.63) is 244 Å². The minimum Gasteiger partial charge on any atom is -0.454 e. The Kier molecular flexibility index (Phi) is 11.3. The fourth-order valence-corrected chi connectivity index (χ4v) is 12.6. The van der Waals surface area contributed by atoms with E-state index in [0.717, 1.165) is 67.3 Å². The molecular weight excluding hydrogens is 935 g/mol. The van der Waals surface area contributed by atoms with Crippen LogP contribution in [0.5, 0.6) is 0 Å². The van der Waals surface area contributed by atoms with Crippen LogP contribution in [0.15, 0.2) is 193 Å². The van der Waals surface area contributed by atoms with Crippen LogP contribution in [0.2, 0.25) is 0 Å². The molecule has 0 amide bonds. The van der Waals surface area contributed by atoms with E-state index < -0.39 is 5.41 Å². The highest BCUT2D eigenvalue weighted by Gasteiger charge is 2.56. The molecule has 2 aliphatic rings. The van der Waals surface area contributed by atoms with Gasteiger partial charge < -0.3 is 14.2 Å². The molecule has 0 aliphatic heterocycles. The number of hydrogen-bond donors (Lipinski definition) is 0. The number of hydrogen-bond acceptors (Lipinski definition) is 4. The summed E-state index contributed by atoms with van der Waals surface area (Å²) in [6.07, 6.45) is 2.00. The Hall–Kier alpha value is -7.69. The highest BCUT2D eigenvalue weighted by atomic mass is 16.3. The van der Waals surface area contributed by atoms with E-state index in [-0.39, 0.29) is 27.1 Å². The van der Waals surface area contributed by atoms with Crippen LogP contribution in [0, 0.1) is 0 Å². The van der Waals surface area contributed by atoms with Crippen LogP contribution in [0.4, 0.5) is 34.1 Å². The number of rotatable bonds is 6. The molecule has 2 heterocycles. The number of aromatic nitrogens is 1. The standard InChI is InChI=1S/C73H73N3O/c1-68(2,3)46-38-47(69(4,5)6)41-53(40-46)75(50-26-17-15-18-27-50)52-35-36-63-56(44-52)57-45-62-64(55-30-21-22-31-58(55)73(62)60-33-24-23-32-59(60)72(13,14)61-34-25-37-74-67(61)73)65(66(57)77-63)76(51-28-19-16-20-29-51)54-42-48(70(7,8)9)39-49(43-54)71(10,11)12/h15-45H,1-14H3. The van der Waals surface area contributed by atoms with E-state index in [1.807, 2.05) is 6.20 Å². The van der Waals surface area contributed by atoms with Gasteiger partial charge in [-0.25, -0.2) is 0 Å². The van der Waals surface area contributed by atoms with E-state index in [4.69, 9.17) is 9.40 Å². The van der Waals surface area contributed by atoms with Crippen molar-refractivity contribution in [2.45, 2.75) is 129 Å². The molecule has 2 aromatic heterocycles. The van der Waals surface area contributed by atoms with E-state index in [2.05, 4.69) is 289 Å². The van der Waals surface area contributed by atoms with Crippen LogP contribution in [-0.2, 0) is 32.5 Å². The van der Waals surface area contributed by atoms with E-state index in [1.165, 1.54) is 55.6 Å². The van der Waals surface area contributed by atoms with Crippen molar-refractivity contribution < 1.29 is 4.42 Å². The van der Waals surface area contributed by atoms with Crippen LogP contribution < -0.4 is 9.80 Å². The number of anilines is 6. The normalized spacial score (nSPS) is 15.8. The summed E-state index contributed by atoms with van der Waals surface area (Å²) in [5.41, 5.74) is 21.5. The van der Waals surface area contributed by atoms with Gasteiger partial charge in [-0.1, -0.05) is 200 Å². The lowest BCUT2D eigenvalue weighted by Gasteiger charge is -2.45. The average molecular weight is 1010 g/mol. The Balaban J connectivity index is 1.26. The summed E-state index contributed by atoms with van der Waals surface area (Å²) < 4.78 is 7.59. The number of para-hydroxylation sites is 2. The van der Waals surface area contributed by atoms with Gasteiger partial charge in [-0.3, -0.25) is 4.98 Å². The number of fused-ring (bicyclic) bond motifs is 12. The minimum atomic E-state index is -0.766. The van der Waals surface area contributed by atoms with E-state index in [0.29, 0.717) is 0 Å². The highest BCUT2D eigenvalue weighted by Crippen LogP contribution is 2.65. The summed E-state index contributed by atoms with van der Waals surface area (Å²) >= 11 is 0. The molecule has 10 aromatic rings. The molecule has 0 saturated heterocycles. The smallest absolute Gasteiger partial charge is 0.160 e. The predicted octanol–water partition coefficient (Wildman–Crippen LogP) is 20.1. The van der Waals surface area contributed by atoms with Crippen LogP contribution >= 0.6 is 0 Å². The Morgan fingerprint density at radius 1 is 0.390 bits per heavy atom. The molecule has 77 heavy (non-hydrogen) atoms. The van der Waals surface area contributed by atoms with Crippen molar-refractivity contribution in [3.63, 3.8) is 0 Å². The van der Waals surface area contributed by atoms with Crippen LogP contribution in [0.25, 0.3) is 33.1 Å². The summed E-state index contributed by atoms with van der Waals surface area (Å²) in [5, 5.41) is 2.10. The molecule has 0 radical (unpaired) electrons. The van der Waals surface area contributed by atoms with Gasteiger partial charge in [0.25, 0.3) is 0 Å². The van der Waals surface area contributed by atoms with E-state index in [9.17, 15) is 0 Å². The Morgan fingerprint density at radius 3 is 1.43 bits per heavy atom. The summed E-state index contributed by atoms with van der Waals surface area (Å²) in [5.74, 6) is 0. The van der Waals surface area contributed by atoms with Gasteiger partial charge in [0.05, 0.1) is 16.8 Å². The summed E-state index contributed by atoms with van der Waals surface area (Å²) in [7, 11) is 0. The highest BCUT2D eigenvalue weighted by molar-refractivity contribution is 6.17. The summed E-state index contributed by atoms with van der Waals surface area (Å²) in [6.45, 7) is 32.6. The molecule has 0 fully saturated rings. The number of nitrogens with zero attached hydrogens (tertiary/aromatic N) is 3. The monoisotopic (exact) mass is 1010 g/mol. The first-order valence-electron chi connectivity index (χ1n) is 27.7. The molecule has 0 bridgehead atoms. The van der Waals surface area contributed by atoms with Gasteiger partial charge in [-0.05, 0) is 156 Å². The number of pyridine rings is 1. The average Bonchev–Trinajstić information content (AvgIpc) is 3.99. The van der Waals surface area contributed by atoms with Gasteiger partial charge in [0.2, 0.25) is 0 Å². The van der Waals surface area contributed by atoms with Gasteiger partial charge in [-0.2, -0.15) is 0 Å². The third kappa shape index (κ3) is 7.96. The molecule has 4 heteroatoms. The molecule has 8 aromatic carbocycles. The quantitative estimate of drug-likeness (QED) is 0.166. The largest absolute Gasteiger partial charge is 0.454 e. The third-order valence-corrected chi connectivity index (χ3v) is 16.9. The summed E-state index contributed by atoms with van der Waals surface area (Å²) in [6, 6.07) is 68.4. The van der Waals surface area contributed by atoms with Crippen LogP contribution in [0.1, 0.15) is 153 Å². The summed E-state index contributed by atoms with van der Waals surface area (Å²) in [4.78, 5) is 10.5. The zero-order valence-corrected chi connectivity index (χ0v) is 47.6. The predicted molar refractivity (Wildman–Crippen MR) is 325 cm³/mol. The van der Waals surface area contributed by atoms with E-state index in [1.54, 1.807) is 0 Å². The molecule has 1 spiro atoms. The van der Waals surface area contributed by atoms with Crippen molar-refractivity contribution in [1.82, 2.24) is 4.98 Å². The Labute approximate surface area is 457 Å². The zero-order chi connectivity index (χ0) is 54.2. The molecule has 0 saturated carbocycles. The fraction of sp³-hybridized carbons (Fsp3) is 0.274. The molecule has 4 nitrogen and oxygen atoms in total. The molecule has 12 rings (SSSR count). The van der Waals surface area contributed by atoms with Gasteiger partial charge in [0.15, 0.2) is 5.58 Å². The lowest BCUT2D eigenvalue weighted by atomic mass is 9.57. The molecule has 1 unspecified atom stereocenters. The lowest BCUT2D eigenvalue weighted by molar-refractivity contribution is 0.550. The van der Waals surface area contributed by atoms with Gasteiger partial charge in [-0.15, -0.1) is 0 Å². The fourth-order valence-electron chi connectivity index (χ4n) is 12.6.